The Balaban J connectivity index is 1.45. The van der Waals surface area contributed by atoms with Gasteiger partial charge in [0, 0.05) is 48.2 Å². The molecule has 2 fully saturated rings. The number of piperidine rings is 1. The van der Waals surface area contributed by atoms with Crippen molar-refractivity contribution in [2.24, 2.45) is 0 Å². The Morgan fingerprint density at radius 1 is 1.24 bits per heavy atom. The first-order valence-corrected chi connectivity index (χ1v) is 10.7. The van der Waals surface area contributed by atoms with Crippen LogP contribution in [0.5, 0.6) is 5.75 Å². The van der Waals surface area contributed by atoms with Crippen LogP contribution in [-0.4, -0.2) is 59.8 Å². The monoisotopic (exact) mass is 474 g/mol. The smallest absolute Gasteiger partial charge is 0.255 e. The number of nitrogens with one attached hydrogen (secondary N) is 1. The molecule has 2 saturated heterocycles. The molecule has 5 rings (SSSR count). The Bertz CT molecular complexity index is 1440. The van der Waals surface area contributed by atoms with Crippen molar-refractivity contribution in [1.82, 2.24) is 15.1 Å². The molecule has 0 bridgehead atoms. The van der Waals surface area contributed by atoms with E-state index in [2.05, 4.69) is 4.90 Å². The second-order valence-electron chi connectivity index (χ2n) is 7.96. The lowest BCUT2D eigenvalue weighted by Crippen LogP contribution is -2.52. The molecule has 2 aromatic rings. The van der Waals surface area contributed by atoms with Gasteiger partial charge < -0.3 is 14.4 Å². The second kappa shape index (κ2) is 9.52. The van der Waals surface area contributed by atoms with Gasteiger partial charge in [-0.15, -0.1) is 0 Å². The summed E-state index contributed by atoms with van der Waals surface area (Å²) in [5.41, 5.74) is 0.0844. The molecule has 0 saturated carbocycles. The van der Waals surface area contributed by atoms with Gasteiger partial charge in [0.1, 0.15) is 24.1 Å². The molecule has 8 nitrogen and oxygen atoms in total. The number of carbonyl (C=O) groups excluding carboxylic acids is 3. The van der Waals surface area contributed by atoms with E-state index in [1.807, 2.05) is 0 Å². The quantitative estimate of drug-likeness (QED) is 0.645. The van der Waals surface area contributed by atoms with Crippen LogP contribution in [0.3, 0.4) is 0 Å². The number of benzene rings is 2. The summed E-state index contributed by atoms with van der Waals surface area (Å²) in [5.74, 6) is -5.21. The van der Waals surface area contributed by atoms with Crippen LogP contribution >= 0.6 is 0 Å². The van der Waals surface area contributed by atoms with Gasteiger partial charge in [-0.05, 0) is 36.2 Å². The zero-order valence-electron chi connectivity index (χ0n) is 25.0. The van der Waals surface area contributed by atoms with Gasteiger partial charge in [-0.3, -0.25) is 24.6 Å². The molecule has 0 aromatic heterocycles. The van der Waals surface area contributed by atoms with E-state index in [9.17, 15) is 18.8 Å². The molecule has 1 unspecified atom stereocenters. The molecule has 3 aliphatic heterocycles. The van der Waals surface area contributed by atoms with Crippen LogP contribution in [0.15, 0.2) is 36.4 Å². The molecule has 3 amide bonds. The molecule has 0 spiro atoms. The summed E-state index contributed by atoms with van der Waals surface area (Å²) in [6, 6.07) is 4.77. The molecule has 1 atom stereocenters. The van der Waals surface area contributed by atoms with Gasteiger partial charge >= 0.3 is 0 Å². The summed E-state index contributed by atoms with van der Waals surface area (Å²) in [4.78, 5) is 40.7. The number of nitrogens with zero attached hydrogens (tertiary/aromatic N) is 2. The van der Waals surface area contributed by atoms with Crippen LogP contribution in [0.4, 0.5) is 4.39 Å². The molecule has 1 N–H and O–H groups in total. The van der Waals surface area contributed by atoms with E-state index in [4.69, 9.17) is 19.1 Å². The van der Waals surface area contributed by atoms with E-state index in [0.717, 1.165) is 6.07 Å². The summed E-state index contributed by atoms with van der Waals surface area (Å²) in [5, 5.41) is 1.64. The Morgan fingerprint density at radius 3 is 2.88 bits per heavy atom. The van der Waals surface area contributed by atoms with E-state index in [0.29, 0.717) is 43.3 Å². The largest absolute Gasteiger partial charge is 0.488 e. The van der Waals surface area contributed by atoms with Crippen LogP contribution in [0.25, 0.3) is 0 Å². The lowest BCUT2D eigenvalue weighted by Gasteiger charge is -2.29. The predicted octanol–water partition coefficient (Wildman–Crippen LogP) is 2.00. The Labute approximate surface area is 206 Å². The van der Waals surface area contributed by atoms with Gasteiger partial charge in [-0.2, -0.15) is 0 Å². The summed E-state index contributed by atoms with van der Waals surface area (Å²) in [6.07, 6.45) is -6.80. The zero-order valence-corrected chi connectivity index (χ0v) is 18.0. The summed E-state index contributed by atoms with van der Waals surface area (Å²) >= 11 is 0. The van der Waals surface area contributed by atoms with Crippen LogP contribution in [0.2, 0.25) is 0 Å². The zero-order chi connectivity index (χ0) is 30.0. The maximum absolute atomic E-state index is 14.9. The number of halogens is 1. The highest BCUT2D eigenvalue weighted by Gasteiger charge is 2.40. The Kier molecular flexibility index (Phi) is 4.36. The summed E-state index contributed by atoms with van der Waals surface area (Å²) in [6.45, 7) is -0.508. The topological polar surface area (TPSA) is 88.2 Å². The van der Waals surface area contributed by atoms with Crippen molar-refractivity contribution < 1.29 is 37.8 Å². The number of morpholine rings is 1. The van der Waals surface area contributed by atoms with Gasteiger partial charge in [0.2, 0.25) is 11.8 Å². The first-order valence-electron chi connectivity index (χ1n) is 14.2. The fraction of sp³-hybridized carbons (Fsp3) is 0.400. The molecule has 0 aliphatic carbocycles. The van der Waals surface area contributed by atoms with E-state index in [1.165, 1.54) is 24.3 Å². The normalized spacial score (nSPS) is 29.5. The molecule has 9 heteroatoms. The maximum Gasteiger partial charge on any atom is 0.255 e. The molecule has 34 heavy (non-hydrogen) atoms. The van der Waals surface area contributed by atoms with Crippen molar-refractivity contribution in [2.75, 3.05) is 26.3 Å². The first-order chi connectivity index (χ1) is 19.1. The standard InChI is InChI=1S/C25H26FN3O5/c26-20-5-4-16(13-28-8-10-33-11-9-28)12-17(20)15-34-22-3-1-2-18-19(22)14-29(25(18)32)21-6-7-23(30)27-24(21)31/h1-5,12,21H,6-11,13-15H2,(H,27,30,31)/i6D2,7D2,15D2,21D. The van der Waals surface area contributed by atoms with Crippen molar-refractivity contribution in [3.8, 4) is 5.75 Å². The maximum atomic E-state index is 14.9. The van der Waals surface area contributed by atoms with Crippen molar-refractivity contribution in [3.05, 3.63) is 64.5 Å². The fourth-order valence-corrected chi connectivity index (χ4v) is 4.01. The van der Waals surface area contributed by atoms with Crippen LogP contribution in [0, 0.1) is 5.82 Å². The van der Waals surface area contributed by atoms with E-state index < -0.39 is 61.0 Å². The number of ether oxygens (including phenoxy) is 2. The molecular weight excluding hydrogens is 441 g/mol. The number of hydrogen-bond donors (Lipinski definition) is 1. The minimum Gasteiger partial charge on any atom is -0.488 e. The molecule has 3 aliphatic rings. The minimum atomic E-state index is -3.46. The molecule has 3 heterocycles. The summed E-state index contributed by atoms with van der Waals surface area (Å²) < 4.78 is 83.9. The third-order valence-electron chi connectivity index (χ3n) is 5.74. The van der Waals surface area contributed by atoms with Crippen molar-refractivity contribution in [1.29, 1.82) is 0 Å². The van der Waals surface area contributed by atoms with Crippen molar-refractivity contribution >= 4 is 17.7 Å². The number of carbonyl (C=O) groups is 3. The Hall–Kier alpha value is -3.30. The molecule has 2 aromatic carbocycles. The number of imide groups is 1. The first kappa shape index (κ1) is 15.6. The van der Waals surface area contributed by atoms with Gasteiger partial charge in [0.05, 0.1) is 23.9 Å². The average molecular weight is 475 g/mol. The minimum absolute atomic E-state index is 0.0149. The van der Waals surface area contributed by atoms with Gasteiger partial charge in [-0.1, -0.05) is 12.1 Å². The third-order valence-corrected chi connectivity index (χ3v) is 5.74. The highest BCUT2D eigenvalue weighted by molar-refractivity contribution is 6.05. The van der Waals surface area contributed by atoms with Crippen LogP contribution < -0.4 is 10.1 Å². The highest BCUT2D eigenvalue weighted by atomic mass is 19.1. The Morgan fingerprint density at radius 2 is 2.06 bits per heavy atom. The molecule has 178 valence electrons. The van der Waals surface area contributed by atoms with Crippen molar-refractivity contribution in [2.45, 2.75) is 38.4 Å². The lowest BCUT2D eigenvalue weighted by atomic mass is 10.0. The lowest BCUT2D eigenvalue weighted by molar-refractivity contribution is -0.136. The predicted molar refractivity (Wildman–Crippen MR) is 119 cm³/mol. The van der Waals surface area contributed by atoms with Crippen molar-refractivity contribution in [3.63, 3.8) is 0 Å². The highest BCUT2D eigenvalue weighted by Crippen LogP contribution is 2.34. The van der Waals surface area contributed by atoms with E-state index >= 15 is 0 Å². The van der Waals surface area contributed by atoms with Gasteiger partial charge in [-0.25, -0.2) is 4.39 Å². The molecule has 0 radical (unpaired) electrons. The SMILES string of the molecule is [2H]C([2H])(Oc1cccc2c1CN(C1([2H])C(=O)NC(=O)C([2H])([2H])C1([2H])[2H])C2=O)c1cc(CN2CCOCC2)ccc1F. The van der Waals surface area contributed by atoms with E-state index in [-0.39, 0.29) is 16.9 Å². The number of fused-ring (bicyclic) bond motifs is 1. The van der Waals surface area contributed by atoms with Crippen LogP contribution in [0.1, 0.15) is 49.4 Å². The molecular formula is C25H26FN3O5. The van der Waals surface area contributed by atoms with Gasteiger partial charge in [0.15, 0.2) is 0 Å². The summed E-state index contributed by atoms with van der Waals surface area (Å²) in [7, 11) is 0. The van der Waals surface area contributed by atoms with Gasteiger partial charge in [0.25, 0.3) is 5.91 Å². The number of hydrogen-bond acceptors (Lipinski definition) is 6. The second-order valence-corrected chi connectivity index (χ2v) is 7.96. The third kappa shape index (κ3) is 4.53. The number of amides is 3. The average Bonchev–Trinajstić information content (AvgIpc) is 3.26. The van der Waals surface area contributed by atoms with E-state index in [1.54, 1.807) is 11.4 Å². The fourth-order valence-electron chi connectivity index (χ4n) is 4.01. The number of rotatable bonds is 6. The van der Waals surface area contributed by atoms with Crippen LogP contribution in [-0.2, 0) is 34.0 Å².